The lowest BCUT2D eigenvalue weighted by atomic mass is 10.0. The Balaban J connectivity index is 4.19. The van der Waals surface area contributed by atoms with Crippen molar-refractivity contribution in [2.75, 3.05) is 39.5 Å². The Bertz CT molecular complexity index is 188. The number of nitrogens with one attached hydrogen (secondary N) is 1. The van der Waals surface area contributed by atoms with Crippen molar-refractivity contribution in [1.82, 2.24) is 10.2 Å². The molecule has 104 valence electrons. The Kier molecular flexibility index (Phi) is 8.78. The van der Waals surface area contributed by atoms with Crippen LogP contribution in [0.3, 0.4) is 0 Å². The average Bonchev–Trinajstić information content (AvgIpc) is 2.27. The fraction of sp³-hybridized carbons (Fsp3) is 1.00. The van der Waals surface area contributed by atoms with Crippen molar-refractivity contribution in [2.24, 2.45) is 0 Å². The van der Waals surface area contributed by atoms with Crippen molar-refractivity contribution in [3.05, 3.63) is 0 Å². The number of ether oxygens (including phenoxy) is 1. The fourth-order valence-corrected chi connectivity index (χ4v) is 2.02. The molecule has 0 radical (unpaired) electrons. The summed E-state index contributed by atoms with van der Waals surface area (Å²) in [6.45, 7) is 14.8. The van der Waals surface area contributed by atoms with Crippen molar-refractivity contribution in [2.45, 2.75) is 46.2 Å². The highest BCUT2D eigenvalue weighted by Crippen LogP contribution is 2.07. The van der Waals surface area contributed by atoms with Gasteiger partial charge in [0.1, 0.15) is 0 Å². The zero-order valence-corrected chi connectivity index (χ0v) is 12.1. The van der Waals surface area contributed by atoms with Gasteiger partial charge in [0, 0.05) is 25.7 Å². The Morgan fingerprint density at radius 2 is 2.00 bits per heavy atom. The predicted molar refractivity (Wildman–Crippen MR) is 72.4 cm³/mol. The summed E-state index contributed by atoms with van der Waals surface area (Å²) in [4.78, 5) is 2.31. The van der Waals surface area contributed by atoms with Crippen LogP contribution in [0, 0.1) is 0 Å². The van der Waals surface area contributed by atoms with Crippen LogP contribution < -0.4 is 5.32 Å². The van der Waals surface area contributed by atoms with Gasteiger partial charge in [-0.1, -0.05) is 20.8 Å². The molecule has 0 bridgehead atoms. The zero-order chi connectivity index (χ0) is 13.3. The van der Waals surface area contributed by atoms with Gasteiger partial charge in [-0.3, -0.25) is 4.90 Å². The number of likely N-dealkylation sites (N-methyl/N-ethyl adjacent to an activating group) is 1. The van der Waals surface area contributed by atoms with Gasteiger partial charge in [0.25, 0.3) is 0 Å². The van der Waals surface area contributed by atoms with Crippen molar-refractivity contribution >= 4 is 0 Å². The number of rotatable bonds is 10. The zero-order valence-electron chi connectivity index (χ0n) is 12.1. The van der Waals surface area contributed by atoms with Crippen molar-refractivity contribution in [1.29, 1.82) is 0 Å². The highest BCUT2D eigenvalue weighted by molar-refractivity contribution is 4.87. The smallest absolute Gasteiger partial charge is 0.0623 e. The maximum atomic E-state index is 9.53. The third-order valence-corrected chi connectivity index (χ3v) is 2.76. The molecule has 1 unspecified atom stereocenters. The van der Waals surface area contributed by atoms with E-state index in [4.69, 9.17) is 4.74 Å². The minimum absolute atomic E-state index is 0.149. The van der Waals surface area contributed by atoms with Gasteiger partial charge < -0.3 is 15.2 Å². The summed E-state index contributed by atoms with van der Waals surface area (Å²) in [6.07, 6.45) is 0. The SMILES string of the molecule is CCOCCN(CC)CC(C)(CO)NC(C)C. The molecule has 0 aliphatic carbocycles. The van der Waals surface area contributed by atoms with Gasteiger partial charge in [0.05, 0.1) is 18.8 Å². The van der Waals surface area contributed by atoms with E-state index in [1.165, 1.54) is 0 Å². The van der Waals surface area contributed by atoms with E-state index in [0.717, 1.165) is 32.8 Å². The number of aliphatic hydroxyl groups is 1. The molecule has 0 heterocycles. The van der Waals surface area contributed by atoms with E-state index in [0.29, 0.717) is 6.04 Å². The molecular weight excluding hydrogens is 216 g/mol. The predicted octanol–water partition coefficient (Wildman–Crippen LogP) is 1.09. The van der Waals surface area contributed by atoms with Gasteiger partial charge >= 0.3 is 0 Å². The van der Waals surface area contributed by atoms with E-state index in [1.54, 1.807) is 0 Å². The van der Waals surface area contributed by atoms with E-state index in [1.807, 2.05) is 6.92 Å². The van der Waals surface area contributed by atoms with E-state index in [-0.39, 0.29) is 12.1 Å². The van der Waals surface area contributed by atoms with Crippen LogP contribution in [0.1, 0.15) is 34.6 Å². The number of hydrogen-bond donors (Lipinski definition) is 2. The maximum absolute atomic E-state index is 9.53. The fourth-order valence-electron chi connectivity index (χ4n) is 2.02. The summed E-state index contributed by atoms with van der Waals surface area (Å²) in [7, 11) is 0. The second-order valence-corrected chi connectivity index (χ2v) is 5.08. The van der Waals surface area contributed by atoms with Crippen molar-refractivity contribution < 1.29 is 9.84 Å². The van der Waals surface area contributed by atoms with E-state index in [2.05, 4.69) is 37.9 Å². The minimum atomic E-state index is -0.240. The van der Waals surface area contributed by atoms with Gasteiger partial charge in [-0.05, 0) is 20.4 Å². The summed E-state index contributed by atoms with van der Waals surface area (Å²) in [5.74, 6) is 0. The monoisotopic (exact) mass is 246 g/mol. The van der Waals surface area contributed by atoms with Gasteiger partial charge in [-0.15, -0.1) is 0 Å². The van der Waals surface area contributed by atoms with Crippen LogP contribution in [0.15, 0.2) is 0 Å². The molecule has 4 nitrogen and oxygen atoms in total. The molecule has 0 fully saturated rings. The average molecular weight is 246 g/mol. The molecule has 0 aromatic heterocycles. The van der Waals surface area contributed by atoms with E-state index < -0.39 is 0 Å². The Morgan fingerprint density at radius 1 is 1.35 bits per heavy atom. The Morgan fingerprint density at radius 3 is 2.41 bits per heavy atom. The lowest BCUT2D eigenvalue weighted by Crippen LogP contribution is -2.56. The summed E-state index contributed by atoms with van der Waals surface area (Å²) in [5.41, 5.74) is -0.240. The van der Waals surface area contributed by atoms with Gasteiger partial charge in [0.2, 0.25) is 0 Å². The highest BCUT2D eigenvalue weighted by atomic mass is 16.5. The Labute approximate surface area is 106 Å². The van der Waals surface area contributed by atoms with Crippen LogP contribution in [-0.4, -0.2) is 61.0 Å². The van der Waals surface area contributed by atoms with Crippen LogP contribution in [0.4, 0.5) is 0 Å². The van der Waals surface area contributed by atoms with Crippen LogP contribution in [-0.2, 0) is 4.74 Å². The molecule has 17 heavy (non-hydrogen) atoms. The first-order valence-electron chi connectivity index (χ1n) is 6.66. The summed E-state index contributed by atoms with van der Waals surface area (Å²) in [6, 6.07) is 0.373. The maximum Gasteiger partial charge on any atom is 0.0623 e. The standard InChI is InChI=1S/C13H30N2O2/c1-6-15(8-9-17-7-2)10-13(5,11-16)14-12(3)4/h12,14,16H,6-11H2,1-5H3. The first-order chi connectivity index (χ1) is 7.97. The molecular formula is C13H30N2O2. The summed E-state index contributed by atoms with van der Waals surface area (Å²) >= 11 is 0. The molecule has 0 aromatic carbocycles. The third-order valence-electron chi connectivity index (χ3n) is 2.76. The molecule has 0 aliphatic heterocycles. The summed E-state index contributed by atoms with van der Waals surface area (Å²) in [5, 5.41) is 13.0. The lowest BCUT2D eigenvalue weighted by Gasteiger charge is -2.36. The second-order valence-electron chi connectivity index (χ2n) is 5.08. The van der Waals surface area contributed by atoms with Gasteiger partial charge in [-0.2, -0.15) is 0 Å². The number of hydrogen-bond acceptors (Lipinski definition) is 4. The number of nitrogens with zero attached hydrogens (tertiary/aromatic N) is 1. The van der Waals surface area contributed by atoms with Crippen LogP contribution >= 0.6 is 0 Å². The molecule has 0 rings (SSSR count). The largest absolute Gasteiger partial charge is 0.394 e. The van der Waals surface area contributed by atoms with Crippen molar-refractivity contribution in [3.8, 4) is 0 Å². The van der Waals surface area contributed by atoms with Crippen molar-refractivity contribution in [3.63, 3.8) is 0 Å². The molecule has 2 N–H and O–H groups in total. The van der Waals surface area contributed by atoms with Gasteiger partial charge in [0.15, 0.2) is 0 Å². The van der Waals surface area contributed by atoms with E-state index in [9.17, 15) is 5.11 Å². The van der Waals surface area contributed by atoms with Gasteiger partial charge in [-0.25, -0.2) is 0 Å². The van der Waals surface area contributed by atoms with Crippen LogP contribution in [0.25, 0.3) is 0 Å². The van der Waals surface area contributed by atoms with Crippen LogP contribution in [0.5, 0.6) is 0 Å². The molecule has 0 saturated heterocycles. The quantitative estimate of drug-likeness (QED) is 0.567. The molecule has 0 aliphatic rings. The molecule has 0 aromatic rings. The molecule has 1 atom stereocenters. The molecule has 0 amide bonds. The first-order valence-corrected chi connectivity index (χ1v) is 6.66. The molecule has 4 heteroatoms. The third kappa shape index (κ3) is 7.71. The first kappa shape index (κ1) is 16.8. The van der Waals surface area contributed by atoms with Crippen LogP contribution in [0.2, 0.25) is 0 Å². The second kappa shape index (κ2) is 8.86. The lowest BCUT2D eigenvalue weighted by molar-refractivity contribution is 0.0807. The van der Waals surface area contributed by atoms with E-state index >= 15 is 0 Å². The normalized spacial score (nSPS) is 15.5. The highest BCUT2D eigenvalue weighted by Gasteiger charge is 2.26. The molecule has 0 saturated carbocycles. The minimum Gasteiger partial charge on any atom is -0.394 e. The number of aliphatic hydroxyl groups excluding tert-OH is 1. The topological polar surface area (TPSA) is 44.7 Å². The summed E-state index contributed by atoms with van der Waals surface area (Å²) < 4.78 is 5.37. The Hall–Kier alpha value is -0.160. The molecule has 0 spiro atoms.